The van der Waals surface area contributed by atoms with Crippen molar-refractivity contribution in [2.45, 2.75) is 41.5 Å². The second-order valence-electron chi connectivity index (χ2n) is 12.1. The maximum absolute atomic E-state index is 6.35. The van der Waals surface area contributed by atoms with Crippen molar-refractivity contribution in [1.29, 1.82) is 0 Å². The Morgan fingerprint density at radius 1 is 0.476 bits per heavy atom. The fraction of sp³-hybridized carbons (Fsp3) is 0.150. The Morgan fingerprint density at radius 2 is 1.02 bits per heavy atom. The van der Waals surface area contributed by atoms with Gasteiger partial charge in [0, 0.05) is 10.9 Å². The van der Waals surface area contributed by atoms with Gasteiger partial charge in [-0.05, 0) is 75.8 Å². The lowest BCUT2D eigenvalue weighted by atomic mass is 9.34. The molecule has 1 heterocycles. The van der Waals surface area contributed by atoms with Crippen LogP contribution in [0.2, 0.25) is 0 Å². The van der Waals surface area contributed by atoms with Gasteiger partial charge in [0.25, 0.3) is 0 Å². The van der Waals surface area contributed by atoms with Crippen LogP contribution in [0.25, 0.3) is 33.0 Å². The minimum Gasteiger partial charge on any atom is -0.456 e. The summed E-state index contributed by atoms with van der Waals surface area (Å²) < 4.78 is 6.35. The van der Waals surface area contributed by atoms with Gasteiger partial charge in [0.15, 0.2) is 0 Å². The Morgan fingerprint density at radius 3 is 1.64 bits per heavy atom. The van der Waals surface area contributed by atoms with Crippen LogP contribution < -0.4 is 21.1 Å². The Hall–Kier alpha value is -4.56. The van der Waals surface area contributed by atoms with Crippen molar-refractivity contribution < 1.29 is 4.74 Å². The van der Waals surface area contributed by atoms with Gasteiger partial charge in [-0.15, -0.1) is 0 Å². The van der Waals surface area contributed by atoms with Crippen LogP contribution in [0.5, 0.6) is 11.5 Å². The van der Waals surface area contributed by atoms with Crippen molar-refractivity contribution >= 4 is 33.9 Å². The minimum atomic E-state index is 0.168. The number of para-hydroxylation sites is 1. The third-order valence-electron chi connectivity index (χ3n) is 9.01. The largest absolute Gasteiger partial charge is 0.456 e. The maximum atomic E-state index is 6.35. The van der Waals surface area contributed by atoms with Gasteiger partial charge in [0.2, 0.25) is 6.71 Å². The average molecular weight is 543 g/mol. The molecule has 1 aliphatic heterocycles. The van der Waals surface area contributed by atoms with E-state index in [0.29, 0.717) is 0 Å². The lowest BCUT2D eigenvalue weighted by Gasteiger charge is -2.25. The van der Waals surface area contributed by atoms with Crippen molar-refractivity contribution in [3.8, 4) is 33.8 Å². The first-order chi connectivity index (χ1) is 20.3. The van der Waals surface area contributed by atoms with Crippen LogP contribution in [0.1, 0.15) is 33.4 Å². The van der Waals surface area contributed by atoms with E-state index in [4.69, 9.17) is 4.74 Å². The van der Waals surface area contributed by atoms with Crippen LogP contribution in [-0.2, 0) is 0 Å². The molecule has 0 aliphatic carbocycles. The van der Waals surface area contributed by atoms with Crippen LogP contribution in [0, 0.1) is 41.5 Å². The van der Waals surface area contributed by atoms with E-state index in [1.54, 1.807) is 0 Å². The number of hydrogen-bond acceptors (Lipinski definition) is 1. The van der Waals surface area contributed by atoms with Crippen molar-refractivity contribution in [3.63, 3.8) is 0 Å². The number of ether oxygens (including phenoxy) is 1. The molecule has 0 saturated carbocycles. The fourth-order valence-electron chi connectivity index (χ4n) is 7.46. The molecule has 0 radical (unpaired) electrons. The van der Waals surface area contributed by atoms with E-state index in [1.165, 1.54) is 77.2 Å². The average Bonchev–Trinajstić information content (AvgIpc) is 2.96. The summed E-state index contributed by atoms with van der Waals surface area (Å²) in [4.78, 5) is 0. The molecule has 6 aromatic carbocycles. The van der Waals surface area contributed by atoms with Gasteiger partial charge in [-0.25, -0.2) is 0 Å². The standard InChI is InChI=1S/C40H35BO/c1-24-20-26(3)39(27(4)21-24)41(40-28(5)22-25(2)23-29(40)6)31-16-14-30(15-17-31)32-18-19-35-33-10-7-8-12-36(33)42-37-13-9-11-34(32)38(35)37/h7-23H,1-6H3. The quantitative estimate of drug-likeness (QED) is 0.202. The van der Waals surface area contributed by atoms with Gasteiger partial charge in [0.1, 0.15) is 11.5 Å². The van der Waals surface area contributed by atoms with Gasteiger partial charge in [-0.2, -0.15) is 0 Å². The Labute approximate surface area is 249 Å². The molecule has 7 rings (SSSR count). The normalized spacial score (nSPS) is 11.8. The monoisotopic (exact) mass is 542 g/mol. The third kappa shape index (κ3) is 4.25. The molecular weight excluding hydrogens is 507 g/mol. The molecule has 6 aromatic rings. The lowest BCUT2D eigenvalue weighted by molar-refractivity contribution is 0.487. The van der Waals surface area contributed by atoms with E-state index < -0.39 is 0 Å². The molecular formula is C40H35BO. The Balaban J connectivity index is 1.39. The number of fused-ring (bicyclic) bond motifs is 2. The summed E-state index contributed by atoms with van der Waals surface area (Å²) in [7, 11) is 0. The number of hydrogen-bond donors (Lipinski definition) is 0. The van der Waals surface area contributed by atoms with Crippen LogP contribution in [-0.4, -0.2) is 6.71 Å². The smallest absolute Gasteiger partial charge is 0.242 e. The Bertz CT molecular complexity index is 1910. The van der Waals surface area contributed by atoms with Gasteiger partial charge in [-0.1, -0.05) is 141 Å². The van der Waals surface area contributed by atoms with Gasteiger partial charge in [0.05, 0.1) is 0 Å². The molecule has 0 bridgehead atoms. The van der Waals surface area contributed by atoms with E-state index in [-0.39, 0.29) is 6.71 Å². The highest BCUT2D eigenvalue weighted by molar-refractivity contribution is 6.96. The predicted molar refractivity (Wildman–Crippen MR) is 181 cm³/mol. The van der Waals surface area contributed by atoms with Gasteiger partial charge < -0.3 is 4.74 Å². The molecule has 0 amide bonds. The second kappa shape index (κ2) is 10.1. The SMILES string of the molecule is Cc1cc(C)c(B(c2ccc(-c3ccc4c5c(cccc35)Oc3ccccc3-4)cc2)c2c(C)cc(C)cc2C)c(C)c1. The number of rotatable bonds is 4. The lowest BCUT2D eigenvalue weighted by Crippen LogP contribution is -2.55. The summed E-state index contributed by atoms with van der Waals surface area (Å²) >= 11 is 0. The fourth-order valence-corrected chi connectivity index (χ4v) is 7.46. The summed E-state index contributed by atoms with van der Waals surface area (Å²) in [6.45, 7) is 13.6. The molecule has 0 atom stereocenters. The van der Waals surface area contributed by atoms with Crippen LogP contribution >= 0.6 is 0 Å². The van der Waals surface area contributed by atoms with Crippen molar-refractivity contribution in [2.24, 2.45) is 0 Å². The summed E-state index contributed by atoms with van der Waals surface area (Å²) in [6.07, 6.45) is 0. The molecule has 1 aliphatic rings. The van der Waals surface area contributed by atoms with Gasteiger partial charge in [-0.3, -0.25) is 0 Å². The first kappa shape index (κ1) is 26.4. The van der Waals surface area contributed by atoms with E-state index in [1.807, 2.05) is 6.07 Å². The summed E-state index contributed by atoms with van der Waals surface area (Å²) in [5.41, 5.74) is 17.0. The molecule has 0 fully saturated rings. The number of aryl methyl sites for hydroxylation is 6. The van der Waals surface area contributed by atoms with Crippen molar-refractivity contribution in [1.82, 2.24) is 0 Å². The molecule has 1 nitrogen and oxygen atoms in total. The molecule has 0 spiro atoms. The molecule has 0 N–H and O–H groups in total. The summed E-state index contributed by atoms with van der Waals surface area (Å²) in [5.74, 6) is 1.85. The topological polar surface area (TPSA) is 9.23 Å². The van der Waals surface area contributed by atoms with Gasteiger partial charge >= 0.3 is 0 Å². The minimum absolute atomic E-state index is 0.168. The highest BCUT2D eigenvalue weighted by Gasteiger charge is 2.28. The van der Waals surface area contributed by atoms with E-state index >= 15 is 0 Å². The predicted octanol–water partition coefficient (Wildman–Crippen LogP) is 8.65. The molecule has 0 unspecified atom stereocenters. The summed E-state index contributed by atoms with van der Waals surface area (Å²) in [6, 6.07) is 37.9. The zero-order valence-corrected chi connectivity index (χ0v) is 25.3. The highest BCUT2D eigenvalue weighted by Crippen LogP contribution is 2.48. The second-order valence-corrected chi connectivity index (χ2v) is 12.1. The highest BCUT2D eigenvalue weighted by atomic mass is 16.5. The maximum Gasteiger partial charge on any atom is 0.242 e. The first-order valence-corrected chi connectivity index (χ1v) is 14.9. The number of benzene rings is 6. The zero-order valence-electron chi connectivity index (χ0n) is 25.3. The zero-order chi connectivity index (χ0) is 29.1. The van der Waals surface area contributed by atoms with Crippen molar-refractivity contribution in [3.05, 3.63) is 137 Å². The van der Waals surface area contributed by atoms with E-state index in [9.17, 15) is 0 Å². The Kier molecular flexibility index (Phi) is 6.32. The van der Waals surface area contributed by atoms with Crippen LogP contribution in [0.4, 0.5) is 0 Å². The first-order valence-electron chi connectivity index (χ1n) is 14.9. The van der Waals surface area contributed by atoms with Crippen LogP contribution in [0.3, 0.4) is 0 Å². The van der Waals surface area contributed by atoms with E-state index in [0.717, 1.165) is 17.1 Å². The summed E-state index contributed by atoms with van der Waals surface area (Å²) in [5, 5.41) is 2.41. The molecule has 204 valence electrons. The van der Waals surface area contributed by atoms with Crippen molar-refractivity contribution in [2.75, 3.05) is 0 Å². The van der Waals surface area contributed by atoms with Crippen LogP contribution in [0.15, 0.2) is 103 Å². The molecule has 2 heteroatoms. The molecule has 0 aromatic heterocycles. The third-order valence-corrected chi connectivity index (χ3v) is 9.01. The molecule has 0 saturated heterocycles. The van der Waals surface area contributed by atoms with E-state index in [2.05, 4.69) is 139 Å². The molecule has 42 heavy (non-hydrogen) atoms.